The standard InChI is InChI=1S/C18H18ClN3O3/c1-11-6-7-15(8-12(11)2)22-18(25)17(24)20-10-16(23)21-14-5-3-4-13(19)9-14/h3-9H,10H2,1-2H3,(H,20,24)(H,21,23)(H,22,25). The van der Waals surface area contributed by atoms with Crippen molar-refractivity contribution in [2.45, 2.75) is 13.8 Å². The predicted octanol–water partition coefficient (Wildman–Crippen LogP) is 2.65. The van der Waals surface area contributed by atoms with E-state index < -0.39 is 17.7 Å². The van der Waals surface area contributed by atoms with E-state index in [1.165, 1.54) is 0 Å². The van der Waals surface area contributed by atoms with Crippen LogP contribution in [0.1, 0.15) is 11.1 Å². The Labute approximate surface area is 150 Å². The zero-order chi connectivity index (χ0) is 18.4. The lowest BCUT2D eigenvalue weighted by Crippen LogP contribution is -2.39. The molecule has 7 heteroatoms. The minimum Gasteiger partial charge on any atom is -0.339 e. The van der Waals surface area contributed by atoms with Crippen LogP contribution in [0.5, 0.6) is 0 Å². The first kappa shape index (κ1) is 18.5. The van der Waals surface area contributed by atoms with Crippen LogP contribution >= 0.6 is 11.6 Å². The molecule has 6 nitrogen and oxygen atoms in total. The van der Waals surface area contributed by atoms with Gasteiger partial charge in [-0.05, 0) is 55.3 Å². The molecule has 0 aromatic heterocycles. The molecule has 0 atom stereocenters. The van der Waals surface area contributed by atoms with Crippen LogP contribution in [0, 0.1) is 13.8 Å². The minimum absolute atomic E-state index is 0.328. The predicted molar refractivity (Wildman–Crippen MR) is 97.6 cm³/mol. The SMILES string of the molecule is Cc1ccc(NC(=O)C(=O)NCC(=O)Nc2cccc(Cl)c2)cc1C. The van der Waals surface area contributed by atoms with Gasteiger partial charge in [-0.2, -0.15) is 0 Å². The van der Waals surface area contributed by atoms with E-state index in [1.807, 2.05) is 19.9 Å². The van der Waals surface area contributed by atoms with Crippen LogP contribution in [0.3, 0.4) is 0 Å². The van der Waals surface area contributed by atoms with E-state index in [-0.39, 0.29) is 6.54 Å². The molecule has 3 amide bonds. The molecule has 0 radical (unpaired) electrons. The normalized spacial score (nSPS) is 10.0. The first-order valence-electron chi connectivity index (χ1n) is 7.57. The molecule has 0 aliphatic heterocycles. The van der Waals surface area contributed by atoms with Crippen molar-refractivity contribution in [3.8, 4) is 0 Å². The van der Waals surface area contributed by atoms with Crippen LogP contribution in [-0.4, -0.2) is 24.3 Å². The Morgan fingerprint density at radius 2 is 1.60 bits per heavy atom. The van der Waals surface area contributed by atoms with Gasteiger partial charge in [0.05, 0.1) is 6.54 Å². The molecule has 25 heavy (non-hydrogen) atoms. The smallest absolute Gasteiger partial charge is 0.313 e. The molecule has 0 aliphatic rings. The maximum atomic E-state index is 11.9. The van der Waals surface area contributed by atoms with Gasteiger partial charge in [-0.1, -0.05) is 23.7 Å². The Morgan fingerprint density at radius 1 is 0.880 bits per heavy atom. The van der Waals surface area contributed by atoms with E-state index in [0.717, 1.165) is 11.1 Å². The van der Waals surface area contributed by atoms with Gasteiger partial charge in [0, 0.05) is 16.4 Å². The molecule has 130 valence electrons. The van der Waals surface area contributed by atoms with E-state index in [9.17, 15) is 14.4 Å². The van der Waals surface area contributed by atoms with Crippen molar-refractivity contribution < 1.29 is 14.4 Å². The number of hydrogen-bond donors (Lipinski definition) is 3. The van der Waals surface area contributed by atoms with E-state index >= 15 is 0 Å². The summed E-state index contributed by atoms with van der Waals surface area (Å²) in [6.07, 6.45) is 0. The van der Waals surface area contributed by atoms with Crippen molar-refractivity contribution in [3.63, 3.8) is 0 Å². The van der Waals surface area contributed by atoms with Gasteiger partial charge in [-0.15, -0.1) is 0 Å². The van der Waals surface area contributed by atoms with Crippen molar-refractivity contribution in [2.75, 3.05) is 17.2 Å². The number of rotatable bonds is 4. The first-order chi connectivity index (χ1) is 11.8. The number of hydrogen-bond acceptors (Lipinski definition) is 3. The average molecular weight is 360 g/mol. The van der Waals surface area contributed by atoms with Crippen LogP contribution in [-0.2, 0) is 14.4 Å². The van der Waals surface area contributed by atoms with Crippen molar-refractivity contribution in [1.29, 1.82) is 0 Å². The number of amides is 3. The first-order valence-corrected chi connectivity index (χ1v) is 7.95. The van der Waals surface area contributed by atoms with Crippen molar-refractivity contribution in [3.05, 3.63) is 58.6 Å². The van der Waals surface area contributed by atoms with Gasteiger partial charge in [0.1, 0.15) is 0 Å². The fourth-order valence-corrected chi connectivity index (χ4v) is 2.21. The summed E-state index contributed by atoms with van der Waals surface area (Å²) >= 11 is 5.82. The molecule has 2 rings (SSSR count). The summed E-state index contributed by atoms with van der Waals surface area (Å²) in [5, 5.41) is 7.81. The molecule has 2 aromatic rings. The Morgan fingerprint density at radius 3 is 2.28 bits per heavy atom. The summed E-state index contributed by atoms with van der Waals surface area (Å²) < 4.78 is 0. The molecule has 3 N–H and O–H groups in total. The number of aryl methyl sites for hydroxylation is 2. The van der Waals surface area contributed by atoms with Gasteiger partial charge in [-0.3, -0.25) is 14.4 Å². The summed E-state index contributed by atoms with van der Waals surface area (Å²) in [4.78, 5) is 35.4. The summed E-state index contributed by atoms with van der Waals surface area (Å²) in [5.74, 6) is -2.19. The van der Waals surface area contributed by atoms with E-state index in [4.69, 9.17) is 11.6 Å². The van der Waals surface area contributed by atoms with Crippen LogP contribution < -0.4 is 16.0 Å². The highest BCUT2D eigenvalue weighted by Crippen LogP contribution is 2.15. The molecule has 0 aliphatic carbocycles. The Hall–Kier alpha value is -2.86. The van der Waals surface area contributed by atoms with Gasteiger partial charge < -0.3 is 16.0 Å². The largest absolute Gasteiger partial charge is 0.339 e. The number of halogens is 1. The zero-order valence-corrected chi connectivity index (χ0v) is 14.6. The van der Waals surface area contributed by atoms with Crippen LogP contribution in [0.25, 0.3) is 0 Å². The van der Waals surface area contributed by atoms with Crippen molar-refractivity contribution in [1.82, 2.24) is 5.32 Å². The second-order valence-electron chi connectivity index (χ2n) is 5.49. The summed E-state index contributed by atoms with van der Waals surface area (Å²) in [5.41, 5.74) is 3.11. The van der Waals surface area contributed by atoms with E-state index in [1.54, 1.807) is 36.4 Å². The van der Waals surface area contributed by atoms with Crippen LogP contribution in [0.15, 0.2) is 42.5 Å². The highest BCUT2D eigenvalue weighted by atomic mass is 35.5. The Balaban J connectivity index is 1.83. The van der Waals surface area contributed by atoms with Gasteiger partial charge in [-0.25, -0.2) is 0 Å². The maximum Gasteiger partial charge on any atom is 0.313 e. The highest BCUT2D eigenvalue weighted by molar-refractivity contribution is 6.40. The molecule has 0 unspecified atom stereocenters. The fraction of sp³-hybridized carbons (Fsp3) is 0.167. The number of carbonyl (C=O) groups is 3. The number of carbonyl (C=O) groups excluding carboxylic acids is 3. The Kier molecular flexibility index (Phi) is 6.14. The second-order valence-corrected chi connectivity index (χ2v) is 5.93. The van der Waals surface area contributed by atoms with E-state index in [0.29, 0.717) is 16.4 Å². The number of anilines is 2. The fourth-order valence-electron chi connectivity index (χ4n) is 2.02. The molecular formula is C18H18ClN3O3. The quantitative estimate of drug-likeness (QED) is 0.733. The lowest BCUT2D eigenvalue weighted by Gasteiger charge is -2.09. The summed E-state index contributed by atoms with van der Waals surface area (Å²) in [7, 11) is 0. The van der Waals surface area contributed by atoms with Crippen LogP contribution in [0.4, 0.5) is 11.4 Å². The summed E-state index contributed by atoms with van der Waals surface area (Å²) in [6, 6.07) is 11.9. The van der Waals surface area contributed by atoms with Gasteiger partial charge in [0.15, 0.2) is 0 Å². The minimum atomic E-state index is -0.889. The van der Waals surface area contributed by atoms with Gasteiger partial charge in [0.25, 0.3) is 0 Å². The highest BCUT2D eigenvalue weighted by Gasteiger charge is 2.15. The van der Waals surface area contributed by atoms with Crippen LogP contribution in [0.2, 0.25) is 5.02 Å². The molecule has 0 heterocycles. The van der Waals surface area contributed by atoms with E-state index in [2.05, 4.69) is 16.0 Å². The third-order valence-electron chi connectivity index (χ3n) is 3.49. The van der Waals surface area contributed by atoms with Gasteiger partial charge in [0.2, 0.25) is 5.91 Å². The zero-order valence-electron chi connectivity index (χ0n) is 13.9. The Bertz CT molecular complexity index is 821. The lowest BCUT2D eigenvalue weighted by molar-refractivity contribution is -0.136. The molecule has 0 bridgehead atoms. The average Bonchev–Trinajstić information content (AvgIpc) is 2.56. The second kappa shape index (κ2) is 8.30. The third kappa shape index (κ3) is 5.61. The monoisotopic (exact) mass is 359 g/mol. The molecule has 2 aromatic carbocycles. The molecule has 0 fully saturated rings. The number of benzene rings is 2. The molecule has 0 saturated heterocycles. The summed E-state index contributed by atoms with van der Waals surface area (Å²) in [6.45, 7) is 3.53. The topological polar surface area (TPSA) is 87.3 Å². The van der Waals surface area contributed by atoms with Crippen molar-refractivity contribution in [2.24, 2.45) is 0 Å². The molecule has 0 saturated carbocycles. The molecular weight excluding hydrogens is 342 g/mol. The van der Waals surface area contributed by atoms with Crippen molar-refractivity contribution >= 4 is 40.7 Å². The number of nitrogens with one attached hydrogen (secondary N) is 3. The lowest BCUT2D eigenvalue weighted by atomic mass is 10.1. The molecule has 0 spiro atoms. The van der Waals surface area contributed by atoms with Gasteiger partial charge >= 0.3 is 11.8 Å². The maximum absolute atomic E-state index is 11.9. The third-order valence-corrected chi connectivity index (χ3v) is 3.72.